The van der Waals surface area contributed by atoms with Gasteiger partial charge in [0.2, 0.25) is 0 Å². The molecule has 4 aliphatic rings. The van der Waals surface area contributed by atoms with Gasteiger partial charge < -0.3 is 9.38 Å². The molecule has 226 valence electrons. The van der Waals surface area contributed by atoms with Gasteiger partial charge in [0.1, 0.15) is 8.07 Å². The van der Waals surface area contributed by atoms with Crippen LogP contribution in [0.2, 0.25) is 13.1 Å². The smallest absolute Gasteiger partial charge is 0.332 e. The highest BCUT2D eigenvalue weighted by Gasteiger charge is 2.51. The third-order valence-corrected chi connectivity index (χ3v) is 17.0. The van der Waals surface area contributed by atoms with Gasteiger partial charge in [0.05, 0.1) is 0 Å². The first-order valence-corrected chi connectivity index (χ1v) is 21.0. The molecule has 0 atom stereocenters. The van der Waals surface area contributed by atoms with Crippen LogP contribution < -0.4 is 26.2 Å². The highest BCUT2D eigenvalue weighted by Crippen LogP contribution is 2.57. The molecule has 0 saturated carbocycles. The average molecular weight is 647 g/mol. The summed E-state index contributed by atoms with van der Waals surface area (Å²) in [7, 11) is -2.00. The number of rotatable bonds is 0. The summed E-state index contributed by atoms with van der Waals surface area (Å²) in [5, 5.41) is 7.19. The zero-order valence-electron chi connectivity index (χ0n) is 27.3. The van der Waals surface area contributed by atoms with Crippen molar-refractivity contribution in [1.82, 2.24) is 4.48 Å². The minimum atomic E-state index is -2.00. The Bertz CT molecular complexity index is 2820. The Labute approximate surface area is 285 Å². The molecule has 2 nitrogen and oxygen atoms in total. The van der Waals surface area contributed by atoms with Gasteiger partial charge in [0, 0.05) is 75.9 Å². The van der Waals surface area contributed by atoms with E-state index >= 15 is 0 Å². The number of hydrogen-bond acceptors (Lipinski definition) is 2. The predicted octanol–water partition coefficient (Wildman–Crippen LogP) is 8.87. The molecule has 1 aliphatic carbocycles. The number of para-hydroxylation sites is 3. The van der Waals surface area contributed by atoms with Crippen LogP contribution >= 0.6 is 11.3 Å². The second-order valence-electron chi connectivity index (χ2n) is 15.2. The largest absolute Gasteiger partial charge is 0.378 e. The van der Waals surface area contributed by atoms with Crippen LogP contribution in [0.25, 0.3) is 53.3 Å². The van der Waals surface area contributed by atoms with Gasteiger partial charge in [-0.25, -0.2) is 0 Å². The average Bonchev–Trinajstić information content (AvgIpc) is 3.73. The summed E-state index contributed by atoms with van der Waals surface area (Å²) in [6.07, 6.45) is 0. The summed E-state index contributed by atoms with van der Waals surface area (Å²) in [5.74, 6) is 0. The zero-order chi connectivity index (χ0) is 31.8. The molecule has 0 fully saturated rings. The second kappa shape index (κ2) is 8.23. The number of fused-ring (bicyclic) bond motifs is 15. The molecule has 48 heavy (non-hydrogen) atoms. The summed E-state index contributed by atoms with van der Waals surface area (Å²) in [4.78, 5) is 2.67. The normalized spacial score (nSPS) is 16.6. The molecule has 0 saturated heterocycles. The number of anilines is 3. The maximum absolute atomic E-state index is 2.81. The van der Waals surface area contributed by atoms with Gasteiger partial charge in [-0.3, -0.25) is 0 Å². The Hall–Kier alpha value is -4.84. The monoisotopic (exact) mass is 646 g/mol. The quantitative estimate of drug-likeness (QED) is 0.150. The lowest BCUT2D eigenvalue weighted by Crippen LogP contribution is -2.65. The van der Waals surface area contributed by atoms with Crippen molar-refractivity contribution in [2.45, 2.75) is 32.4 Å². The van der Waals surface area contributed by atoms with Gasteiger partial charge >= 0.3 is 6.85 Å². The minimum Gasteiger partial charge on any atom is -0.378 e. The first-order valence-electron chi connectivity index (χ1n) is 17.2. The van der Waals surface area contributed by atoms with Gasteiger partial charge in [-0.05, 0) is 50.6 Å². The molecule has 5 heterocycles. The Kier molecular flexibility index (Phi) is 4.48. The molecular weight excluding hydrogens is 615 g/mol. The van der Waals surface area contributed by atoms with Crippen LogP contribution in [0.15, 0.2) is 115 Å². The molecule has 8 aromatic rings. The fraction of sp³-hybridized carbons (Fsp3) is 0.116. The fourth-order valence-electron chi connectivity index (χ4n) is 10.3. The topological polar surface area (TPSA) is 8.17 Å². The Morgan fingerprint density at radius 2 is 1.40 bits per heavy atom. The summed E-state index contributed by atoms with van der Waals surface area (Å²) < 4.78 is 5.59. The van der Waals surface area contributed by atoms with Crippen LogP contribution in [0.5, 0.6) is 0 Å². The number of thiophene rings is 1. The van der Waals surface area contributed by atoms with Crippen molar-refractivity contribution in [3.05, 3.63) is 127 Å². The van der Waals surface area contributed by atoms with Crippen molar-refractivity contribution in [3.63, 3.8) is 0 Å². The molecule has 0 spiro atoms. The lowest BCUT2D eigenvalue weighted by atomic mass is 9.44. The number of benzene rings is 6. The van der Waals surface area contributed by atoms with Crippen molar-refractivity contribution in [1.29, 1.82) is 0 Å². The molecule has 5 heteroatoms. The molecule has 0 N–H and O–H groups in total. The van der Waals surface area contributed by atoms with Crippen LogP contribution in [0.1, 0.15) is 25.1 Å². The van der Waals surface area contributed by atoms with E-state index in [2.05, 4.69) is 152 Å². The van der Waals surface area contributed by atoms with E-state index in [-0.39, 0.29) is 12.3 Å². The van der Waals surface area contributed by atoms with Gasteiger partial charge in [0.15, 0.2) is 0 Å². The summed E-state index contributed by atoms with van der Waals surface area (Å²) in [6, 6.07) is 44.4. The highest BCUT2D eigenvalue weighted by molar-refractivity contribution is 7.26. The van der Waals surface area contributed by atoms with Gasteiger partial charge in [-0.2, -0.15) is 0 Å². The van der Waals surface area contributed by atoms with E-state index < -0.39 is 8.07 Å². The highest BCUT2D eigenvalue weighted by atomic mass is 32.1. The molecule has 3 aliphatic heterocycles. The Balaban J connectivity index is 1.34. The SMILES string of the molecule is CC1(C)c2ccccc2-c2c1n1c3c(cccc23)-c2c3c(cc4c2sc2ccccc24)N2c4ccccc4[Si](C)(C)c4cccc(c42)B31. The zero-order valence-corrected chi connectivity index (χ0v) is 29.2. The van der Waals surface area contributed by atoms with E-state index in [0.717, 1.165) is 0 Å². The summed E-state index contributed by atoms with van der Waals surface area (Å²) in [6.45, 7) is 10.1. The number of aromatic nitrogens is 1. The Morgan fingerprint density at radius 1 is 0.667 bits per heavy atom. The summed E-state index contributed by atoms with van der Waals surface area (Å²) >= 11 is 1.97. The fourth-order valence-corrected chi connectivity index (χ4v) is 14.6. The van der Waals surface area contributed by atoms with Gasteiger partial charge in [0.25, 0.3) is 0 Å². The van der Waals surface area contributed by atoms with E-state index in [1.54, 1.807) is 5.19 Å². The van der Waals surface area contributed by atoms with E-state index in [0.29, 0.717) is 0 Å². The second-order valence-corrected chi connectivity index (χ2v) is 20.6. The third-order valence-electron chi connectivity index (χ3n) is 12.3. The van der Waals surface area contributed by atoms with Crippen molar-refractivity contribution in [3.8, 4) is 22.3 Å². The van der Waals surface area contributed by atoms with Crippen molar-refractivity contribution < 1.29 is 0 Å². The van der Waals surface area contributed by atoms with Gasteiger partial charge in [-0.1, -0.05) is 124 Å². The molecular formula is C43H31BN2SSi. The van der Waals surface area contributed by atoms with Crippen molar-refractivity contribution in [2.24, 2.45) is 0 Å². The molecule has 12 rings (SSSR count). The Morgan fingerprint density at radius 3 is 2.31 bits per heavy atom. The van der Waals surface area contributed by atoms with Crippen LogP contribution in [0.4, 0.5) is 17.1 Å². The molecule has 0 radical (unpaired) electrons. The minimum absolute atomic E-state index is 0.0839. The lowest BCUT2D eigenvalue weighted by molar-refractivity contribution is 0.632. The van der Waals surface area contributed by atoms with E-state index in [1.807, 2.05) is 11.3 Å². The van der Waals surface area contributed by atoms with Crippen molar-refractivity contribution >= 4 is 95.7 Å². The number of hydrogen-bond donors (Lipinski definition) is 0. The number of nitrogens with zero attached hydrogens (tertiary/aromatic N) is 2. The summed E-state index contributed by atoms with van der Waals surface area (Å²) in [5.41, 5.74) is 16.8. The van der Waals surface area contributed by atoms with Crippen molar-refractivity contribution in [2.75, 3.05) is 4.90 Å². The molecule has 0 unspecified atom stereocenters. The van der Waals surface area contributed by atoms with Crippen LogP contribution in [-0.4, -0.2) is 19.4 Å². The third kappa shape index (κ3) is 2.72. The van der Waals surface area contributed by atoms with Crippen LogP contribution in [0, 0.1) is 0 Å². The standard InChI is InChI=1S/C43H31BN2SSi/c1-43(2)29-17-7-5-14-25(29)36-26-15-11-16-27-37-38-32(23-28-24-13-6-9-20-33(24)47-41(28)37)45-31-19-8-10-21-34(31)48(3,4)35-22-12-18-30(40(35)45)44(38)46(39(26)27)42(36)43/h5-23H,1-4H3. The first-order chi connectivity index (χ1) is 23.4. The lowest BCUT2D eigenvalue weighted by Gasteiger charge is -2.48. The van der Waals surface area contributed by atoms with E-state index in [4.69, 9.17) is 0 Å². The van der Waals surface area contributed by atoms with Crippen LogP contribution in [-0.2, 0) is 5.41 Å². The van der Waals surface area contributed by atoms with Gasteiger partial charge in [-0.15, -0.1) is 11.3 Å². The molecule has 6 aromatic carbocycles. The first kappa shape index (κ1) is 26.2. The maximum atomic E-state index is 2.81. The predicted molar refractivity (Wildman–Crippen MR) is 210 cm³/mol. The molecule has 0 amide bonds. The maximum Gasteiger partial charge on any atom is 0.332 e. The molecule has 0 bridgehead atoms. The van der Waals surface area contributed by atoms with E-state index in [9.17, 15) is 0 Å². The molecule has 2 aromatic heterocycles. The van der Waals surface area contributed by atoms with Crippen LogP contribution in [0.3, 0.4) is 0 Å². The van der Waals surface area contributed by atoms with E-state index in [1.165, 1.54) is 97.8 Å².